The third-order valence-electron chi connectivity index (χ3n) is 5.55. The van der Waals surface area contributed by atoms with E-state index in [2.05, 4.69) is 10.3 Å². The third-order valence-corrected chi connectivity index (χ3v) is 5.55. The highest BCUT2D eigenvalue weighted by molar-refractivity contribution is 5.94. The van der Waals surface area contributed by atoms with Crippen molar-refractivity contribution < 1.29 is 14.0 Å². The van der Waals surface area contributed by atoms with Gasteiger partial charge in [-0.1, -0.05) is 50.2 Å². The van der Waals surface area contributed by atoms with E-state index in [0.717, 1.165) is 5.56 Å². The van der Waals surface area contributed by atoms with Crippen LogP contribution >= 0.6 is 0 Å². The summed E-state index contributed by atoms with van der Waals surface area (Å²) in [5, 5.41) is 2.84. The highest BCUT2D eigenvalue weighted by Crippen LogP contribution is 2.25. The Hall–Kier alpha value is -3.52. The van der Waals surface area contributed by atoms with Crippen molar-refractivity contribution in [3.63, 3.8) is 0 Å². The molecule has 7 nitrogen and oxygen atoms in total. The summed E-state index contributed by atoms with van der Waals surface area (Å²) in [4.78, 5) is 34.0. The summed E-state index contributed by atoms with van der Waals surface area (Å²) < 4.78 is 16.0. The molecule has 3 aromatic rings. The number of likely N-dealkylation sites (N-methyl/N-ethyl adjacent to an activating group) is 1. The number of nitrogens with zero attached hydrogens (tertiary/aromatic N) is 4. The lowest BCUT2D eigenvalue weighted by Crippen LogP contribution is -2.42. The molecule has 3 rings (SSSR count). The Morgan fingerprint density at radius 2 is 1.80 bits per heavy atom. The normalized spacial score (nSPS) is 11.2. The second-order valence-electron chi connectivity index (χ2n) is 9.38. The van der Waals surface area contributed by atoms with Gasteiger partial charge < -0.3 is 9.80 Å². The summed E-state index contributed by atoms with van der Waals surface area (Å²) in [6.07, 6.45) is 2.14. The number of benzene rings is 2. The van der Waals surface area contributed by atoms with Crippen LogP contribution in [0.5, 0.6) is 0 Å². The van der Waals surface area contributed by atoms with E-state index >= 15 is 0 Å². The smallest absolute Gasteiger partial charge is 0.246 e. The first-order chi connectivity index (χ1) is 16.6. The van der Waals surface area contributed by atoms with E-state index < -0.39 is 0 Å². The van der Waals surface area contributed by atoms with Gasteiger partial charge >= 0.3 is 0 Å². The average molecular weight is 480 g/mol. The summed E-state index contributed by atoms with van der Waals surface area (Å²) in [6.45, 7) is 6.65. The summed E-state index contributed by atoms with van der Waals surface area (Å²) in [5.41, 5.74) is 2.58. The van der Waals surface area contributed by atoms with Gasteiger partial charge in [0, 0.05) is 31.3 Å². The maximum Gasteiger partial charge on any atom is 0.246 e. The van der Waals surface area contributed by atoms with Crippen LogP contribution in [-0.2, 0) is 9.59 Å². The van der Waals surface area contributed by atoms with Gasteiger partial charge in [-0.25, -0.2) is 9.37 Å². The molecule has 35 heavy (non-hydrogen) atoms. The molecule has 0 saturated carbocycles. The van der Waals surface area contributed by atoms with Crippen LogP contribution in [0.15, 0.2) is 54.7 Å². The highest BCUT2D eigenvalue weighted by atomic mass is 19.1. The van der Waals surface area contributed by atoms with Gasteiger partial charge in [-0.05, 0) is 44.6 Å². The number of rotatable bonds is 10. The third kappa shape index (κ3) is 7.23. The molecule has 0 saturated heterocycles. The minimum Gasteiger partial charge on any atom is -0.332 e. The number of hydrogen-bond donors (Lipinski definition) is 1. The zero-order valence-corrected chi connectivity index (χ0v) is 21.1. The molecule has 186 valence electrons. The number of carbonyl (C=O) groups excluding carboxylic acids is 2. The SMILES string of the molecule is Cc1ccc(-n2cc(-c3ccccc3)nc2NC(=O)CN(CCN(C)C)C(=O)CC(C)C)cc1F. The number of aryl methyl sites for hydroxylation is 1. The number of halogens is 1. The Balaban J connectivity index is 1.89. The second-order valence-corrected chi connectivity index (χ2v) is 9.38. The van der Waals surface area contributed by atoms with E-state index in [1.165, 1.54) is 6.07 Å². The van der Waals surface area contributed by atoms with Crippen LogP contribution < -0.4 is 5.32 Å². The first-order valence-electron chi connectivity index (χ1n) is 11.8. The molecule has 1 heterocycles. The number of imidazole rings is 1. The lowest BCUT2D eigenvalue weighted by atomic mass is 10.1. The molecular weight excluding hydrogens is 445 g/mol. The molecule has 2 amide bonds. The summed E-state index contributed by atoms with van der Waals surface area (Å²) >= 11 is 0. The van der Waals surface area contributed by atoms with Crippen LogP contribution in [0.25, 0.3) is 16.9 Å². The molecular formula is C27H34FN5O2. The number of anilines is 1. The fourth-order valence-corrected chi connectivity index (χ4v) is 3.57. The first kappa shape index (κ1) is 26.1. The number of aromatic nitrogens is 2. The Morgan fingerprint density at radius 1 is 1.09 bits per heavy atom. The minimum atomic E-state index is -0.361. The molecule has 8 heteroatoms. The summed E-state index contributed by atoms with van der Waals surface area (Å²) in [6, 6.07) is 14.4. The first-order valence-corrected chi connectivity index (χ1v) is 11.8. The Kier molecular flexibility index (Phi) is 8.76. The van der Waals surface area contributed by atoms with Crippen molar-refractivity contribution in [3.8, 4) is 16.9 Å². The Labute approximate surface area is 206 Å². The molecule has 0 radical (unpaired) electrons. The number of hydrogen-bond acceptors (Lipinski definition) is 4. The fourth-order valence-electron chi connectivity index (χ4n) is 3.57. The molecule has 1 N–H and O–H groups in total. The molecule has 0 bridgehead atoms. The topological polar surface area (TPSA) is 70.5 Å². The second kappa shape index (κ2) is 11.8. The highest BCUT2D eigenvalue weighted by Gasteiger charge is 2.21. The van der Waals surface area contributed by atoms with Gasteiger partial charge in [0.1, 0.15) is 5.82 Å². The van der Waals surface area contributed by atoms with Crippen LogP contribution in [-0.4, -0.2) is 64.9 Å². The van der Waals surface area contributed by atoms with Crippen LogP contribution in [0.2, 0.25) is 0 Å². The molecule has 0 aliphatic heterocycles. The summed E-state index contributed by atoms with van der Waals surface area (Å²) in [7, 11) is 3.85. The van der Waals surface area contributed by atoms with E-state index in [0.29, 0.717) is 36.5 Å². The molecule has 0 fully saturated rings. The predicted octanol–water partition coefficient (Wildman–Crippen LogP) is 4.36. The van der Waals surface area contributed by atoms with Crippen molar-refractivity contribution in [3.05, 3.63) is 66.1 Å². The average Bonchev–Trinajstić information content (AvgIpc) is 3.22. The van der Waals surface area contributed by atoms with Crippen molar-refractivity contribution in [2.24, 2.45) is 5.92 Å². The van der Waals surface area contributed by atoms with Gasteiger partial charge in [0.05, 0.1) is 17.9 Å². The molecule has 0 aliphatic rings. The van der Waals surface area contributed by atoms with Crippen molar-refractivity contribution in [2.75, 3.05) is 39.0 Å². The molecule has 0 spiro atoms. The van der Waals surface area contributed by atoms with Crippen molar-refractivity contribution in [1.82, 2.24) is 19.4 Å². The molecule has 2 aromatic carbocycles. The zero-order valence-electron chi connectivity index (χ0n) is 21.1. The van der Waals surface area contributed by atoms with E-state index in [-0.39, 0.29) is 36.0 Å². The zero-order chi connectivity index (χ0) is 25.5. The van der Waals surface area contributed by atoms with Gasteiger partial charge in [-0.15, -0.1) is 0 Å². The number of nitrogens with one attached hydrogen (secondary N) is 1. The number of carbonyl (C=O) groups is 2. The molecule has 0 aliphatic carbocycles. The van der Waals surface area contributed by atoms with Crippen molar-refractivity contribution in [1.29, 1.82) is 0 Å². The largest absolute Gasteiger partial charge is 0.332 e. The van der Waals surface area contributed by atoms with Crippen LogP contribution in [0.1, 0.15) is 25.8 Å². The van der Waals surface area contributed by atoms with Gasteiger partial charge in [0.2, 0.25) is 17.8 Å². The van der Waals surface area contributed by atoms with E-state index in [1.54, 1.807) is 34.7 Å². The maximum absolute atomic E-state index is 14.3. The van der Waals surface area contributed by atoms with Crippen LogP contribution in [0.3, 0.4) is 0 Å². The van der Waals surface area contributed by atoms with E-state index in [9.17, 15) is 14.0 Å². The predicted molar refractivity (Wildman–Crippen MR) is 137 cm³/mol. The van der Waals surface area contributed by atoms with E-state index in [1.807, 2.05) is 63.2 Å². The van der Waals surface area contributed by atoms with Crippen molar-refractivity contribution in [2.45, 2.75) is 27.2 Å². The van der Waals surface area contributed by atoms with Crippen LogP contribution in [0, 0.1) is 18.7 Å². The number of amides is 2. The van der Waals surface area contributed by atoms with Gasteiger partial charge in [-0.3, -0.25) is 19.5 Å². The molecule has 0 atom stereocenters. The Morgan fingerprint density at radius 3 is 2.43 bits per heavy atom. The van der Waals surface area contributed by atoms with Crippen LogP contribution in [0.4, 0.5) is 10.3 Å². The van der Waals surface area contributed by atoms with E-state index in [4.69, 9.17) is 0 Å². The summed E-state index contributed by atoms with van der Waals surface area (Å²) in [5.74, 6) is -0.313. The van der Waals surface area contributed by atoms with Gasteiger partial charge in [0.25, 0.3) is 0 Å². The van der Waals surface area contributed by atoms with Gasteiger partial charge in [-0.2, -0.15) is 0 Å². The standard InChI is InChI=1S/C27H34FN5O2/c1-19(2)15-26(35)32(14-13-31(4)5)18-25(34)30-27-29-24(21-9-7-6-8-10-21)17-33(27)22-12-11-20(3)23(28)16-22/h6-12,16-17,19H,13-15,18H2,1-5H3,(H,29,30,34). The maximum atomic E-state index is 14.3. The fraction of sp³-hybridized carbons (Fsp3) is 0.370. The molecule has 0 unspecified atom stereocenters. The molecule has 1 aromatic heterocycles. The lowest BCUT2D eigenvalue weighted by Gasteiger charge is -2.24. The quantitative estimate of drug-likeness (QED) is 0.469. The van der Waals surface area contributed by atoms with Gasteiger partial charge in [0.15, 0.2) is 0 Å². The monoisotopic (exact) mass is 479 g/mol. The lowest BCUT2D eigenvalue weighted by molar-refractivity contribution is -0.135. The van der Waals surface area contributed by atoms with Crippen molar-refractivity contribution >= 4 is 17.8 Å². The Bertz CT molecular complexity index is 1160. The minimum absolute atomic E-state index is 0.0640.